The van der Waals surface area contributed by atoms with Crippen LogP contribution < -0.4 is 4.90 Å². The highest BCUT2D eigenvalue weighted by molar-refractivity contribution is 5.68. The maximum atomic E-state index is 12.4. The number of carbonyl (C=O) groups is 1. The van der Waals surface area contributed by atoms with Crippen molar-refractivity contribution < 1.29 is 19.4 Å². The van der Waals surface area contributed by atoms with Crippen LogP contribution in [0.4, 0.5) is 10.6 Å². The Labute approximate surface area is 176 Å². The van der Waals surface area contributed by atoms with Crippen molar-refractivity contribution in [3.05, 3.63) is 23.8 Å². The van der Waals surface area contributed by atoms with E-state index >= 15 is 0 Å². The quantitative estimate of drug-likeness (QED) is 0.818. The molecule has 164 valence electrons. The molecule has 0 saturated carbocycles. The van der Waals surface area contributed by atoms with Gasteiger partial charge in [-0.25, -0.2) is 14.8 Å². The number of ether oxygens (including phenoxy) is 2. The number of piperidine rings is 1. The zero-order chi connectivity index (χ0) is 21.3. The van der Waals surface area contributed by atoms with Crippen LogP contribution >= 0.6 is 0 Å². The summed E-state index contributed by atoms with van der Waals surface area (Å²) in [5.74, 6) is 1.09. The van der Waals surface area contributed by atoms with E-state index in [1.165, 1.54) is 0 Å². The molecule has 2 aromatic rings. The van der Waals surface area contributed by atoms with Gasteiger partial charge in [0.15, 0.2) is 11.5 Å². The summed E-state index contributed by atoms with van der Waals surface area (Å²) in [6.07, 6.45) is 5.24. The molecule has 0 radical (unpaired) electrons. The largest absolute Gasteiger partial charge is 0.444 e. The lowest BCUT2D eigenvalue weighted by atomic mass is 9.94. The number of nitrogens with zero attached hydrogens (tertiary/aromatic N) is 5. The Bertz CT molecular complexity index is 893. The Balaban J connectivity index is 1.55. The Morgan fingerprint density at radius 1 is 1.23 bits per heavy atom. The van der Waals surface area contributed by atoms with Gasteiger partial charge in [0.1, 0.15) is 5.60 Å². The van der Waals surface area contributed by atoms with Crippen LogP contribution in [0.15, 0.2) is 12.4 Å². The van der Waals surface area contributed by atoms with Crippen molar-refractivity contribution in [1.29, 1.82) is 0 Å². The van der Waals surface area contributed by atoms with E-state index in [0.29, 0.717) is 32.0 Å². The molecule has 2 aromatic heterocycles. The number of aliphatic hydroxyl groups is 1. The lowest BCUT2D eigenvalue weighted by molar-refractivity contribution is 0.0203. The Hall–Kier alpha value is -2.39. The molecule has 4 rings (SSSR count). The topological polar surface area (TPSA) is 92.4 Å². The van der Waals surface area contributed by atoms with Gasteiger partial charge in [0, 0.05) is 50.2 Å². The van der Waals surface area contributed by atoms with E-state index in [9.17, 15) is 9.90 Å². The summed E-state index contributed by atoms with van der Waals surface area (Å²) in [6.45, 7) is 9.73. The first kappa shape index (κ1) is 20.9. The molecule has 1 N–H and O–H groups in total. The summed E-state index contributed by atoms with van der Waals surface area (Å²) in [6, 6.07) is 0. The molecule has 9 heteroatoms. The summed E-state index contributed by atoms with van der Waals surface area (Å²) in [5, 5.41) is 9.64. The summed E-state index contributed by atoms with van der Waals surface area (Å²) >= 11 is 0. The third-order valence-electron chi connectivity index (χ3n) is 5.59. The predicted molar refractivity (Wildman–Crippen MR) is 112 cm³/mol. The number of fused-ring (bicyclic) bond motifs is 1. The molecule has 0 aromatic carbocycles. The molecule has 0 atom stereocenters. The van der Waals surface area contributed by atoms with Crippen molar-refractivity contribution >= 4 is 17.6 Å². The molecular formula is C21H31N5O4. The molecule has 0 unspecified atom stereocenters. The standard InChI is InChI=1S/C21H31N5O4/c1-21(2,3)30-20(28)25-6-4-15(5-7-25)17-12-22-18(24-8-10-29-11-9-24)19-23-16(14-27)13-26(17)19/h12-13,15,27H,4-11,14H2,1-3H3. The van der Waals surface area contributed by atoms with E-state index in [1.54, 1.807) is 4.90 Å². The zero-order valence-electron chi connectivity index (χ0n) is 18.0. The molecule has 0 aliphatic carbocycles. The smallest absolute Gasteiger partial charge is 0.410 e. The van der Waals surface area contributed by atoms with Crippen LogP contribution in [0.1, 0.15) is 50.9 Å². The van der Waals surface area contributed by atoms with Gasteiger partial charge in [-0.05, 0) is 33.6 Å². The first-order valence-corrected chi connectivity index (χ1v) is 10.6. The lowest BCUT2D eigenvalue weighted by Crippen LogP contribution is -2.41. The van der Waals surface area contributed by atoms with E-state index in [4.69, 9.17) is 14.5 Å². The van der Waals surface area contributed by atoms with Crippen LogP contribution in [0, 0.1) is 0 Å². The average Bonchev–Trinajstić information content (AvgIpc) is 3.17. The highest BCUT2D eigenvalue weighted by atomic mass is 16.6. The highest BCUT2D eigenvalue weighted by Gasteiger charge is 2.29. The number of aliphatic hydroxyl groups excluding tert-OH is 1. The van der Waals surface area contributed by atoms with Crippen LogP contribution in [0.25, 0.3) is 5.65 Å². The minimum atomic E-state index is -0.489. The van der Waals surface area contributed by atoms with Crippen molar-refractivity contribution in [2.75, 3.05) is 44.3 Å². The number of aromatic nitrogens is 3. The molecule has 2 fully saturated rings. The number of rotatable bonds is 3. The van der Waals surface area contributed by atoms with Crippen LogP contribution in [0.3, 0.4) is 0 Å². The number of amides is 1. The molecule has 9 nitrogen and oxygen atoms in total. The van der Waals surface area contributed by atoms with Crippen molar-refractivity contribution in [1.82, 2.24) is 19.3 Å². The molecular weight excluding hydrogens is 386 g/mol. The molecule has 0 bridgehead atoms. The average molecular weight is 418 g/mol. The van der Waals surface area contributed by atoms with Gasteiger partial charge in [0.05, 0.1) is 25.5 Å². The molecule has 0 spiro atoms. The van der Waals surface area contributed by atoms with Gasteiger partial charge >= 0.3 is 6.09 Å². The van der Waals surface area contributed by atoms with Crippen LogP contribution in [0.2, 0.25) is 0 Å². The third kappa shape index (κ3) is 4.37. The van der Waals surface area contributed by atoms with E-state index in [2.05, 4.69) is 14.3 Å². The number of hydrogen-bond donors (Lipinski definition) is 1. The van der Waals surface area contributed by atoms with Crippen LogP contribution in [-0.4, -0.2) is 75.5 Å². The van der Waals surface area contributed by atoms with E-state index < -0.39 is 5.60 Å². The molecule has 2 aliphatic heterocycles. The summed E-state index contributed by atoms with van der Waals surface area (Å²) < 4.78 is 13.0. The Kier molecular flexibility index (Phi) is 5.84. The van der Waals surface area contributed by atoms with E-state index in [1.807, 2.05) is 33.2 Å². The zero-order valence-corrected chi connectivity index (χ0v) is 18.0. The monoisotopic (exact) mass is 417 g/mol. The maximum Gasteiger partial charge on any atom is 0.410 e. The first-order valence-electron chi connectivity index (χ1n) is 10.6. The van der Waals surface area contributed by atoms with Gasteiger partial charge < -0.3 is 24.4 Å². The number of hydrogen-bond acceptors (Lipinski definition) is 7. The van der Waals surface area contributed by atoms with Gasteiger partial charge in [-0.1, -0.05) is 0 Å². The second-order valence-electron chi connectivity index (χ2n) is 8.93. The van der Waals surface area contributed by atoms with Gasteiger partial charge in [-0.3, -0.25) is 4.40 Å². The molecule has 2 aliphatic rings. The van der Waals surface area contributed by atoms with Crippen LogP contribution in [-0.2, 0) is 16.1 Å². The van der Waals surface area contributed by atoms with E-state index in [0.717, 1.165) is 43.1 Å². The van der Waals surface area contributed by atoms with Crippen LogP contribution in [0.5, 0.6) is 0 Å². The Morgan fingerprint density at radius 2 is 1.93 bits per heavy atom. The molecule has 4 heterocycles. The number of carbonyl (C=O) groups excluding carboxylic acids is 1. The molecule has 30 heavy (non-hydrogen) atoms. The van der Waals surface area contributed by atoms with Gasteiger partial charge in [0.2, 0.25) is 0 Å². The van der Waals surface area contributed by atoms with Gasteiger partial charge in [0.25, 0.3) is 0 Å². The fourth-order valence-corrected chi connectivity index (χ4v) is 4.09. The number of morpholine rings is 1. The minimum Gasteiger partial charge on any atom is -0.444 e. The van der Waals surface area contributed by atoms with Crippen molar-refractivity contribution in [3.63, 3.8) is 0 Å². The SMILES string of the molecule is CC(C)(C)OC(=O)N1CCC(c2cnc(N3CCOCC3)c3nc(CO)cn23)CC1. The third-order valence-corrected chi connectivity index (χ3v) is 5.59. The number of imidazole rings is 1. The van der Waals surface area contributed by atoms with Gasteiger partial charge in [-0.15, -0.1) is 0 Å². The second kappa shape index (κ2) is 8.39. The summed E-state index contributed by atoms with van der Waals surface area (Å²) in [4.78, 5) is 25.7. The minimum absolute atomic E-state index is 0.110. The predicted octanol–water partition coefficient (Wildman–Crippen LogP) is 2.17. The fraction of sp³-hybridized carbons (Fsp3) is 0.667. The summed E-state index contributed by atoms with van der Waals surface area (Å²) in [7, 11) is 0. The van der Waals surface area contributed by atoms with Gasteiger partial charge in [-0.2, -0.15) is 0 Å². The molecule has 1 amide bonds. The van der Waals surface area contributed by atoms with Crippen molar-refractivity contribution in [3.8, 4) is 0 Å². The summed E-state index contributed by atoms with van der Waals surface area (Å²) in [5.41, 5.74) is 1.98. The molecule has 2 saturated heterocycles. The van der Waals surface area contributed by atoms with Crippen molar-refractivity contribution in [2.24, 2.45) is 0 Å². The maximum absolute atomic E-state index is 12.4. The normalized spacial score (nSPS) is 18.8. The highest BCUT2D eigenvalue weighted by Crippen LogP contribution is 2.31. The fourth-order valence-electron chi connectivity index (χ4n) is 4.09. The first-order chi connectivity index (χ1) is 14.4. The van der Waals surface area contributed by atoms with E-state index in [-0.39, 0.29) is 18.6 Å². The second-order valence-corrected chi connectivity index (χ2v) is 8.93. The number of anilines is 1. The lowest BCUT2D eigenvalue weighted by Gasteiger charge is -2.34. The number of likely N-dealkylation sites (tertiary alicyclic amines) is 1. The van der Waals surface area contributed by atoms with Crippen molar-refractivity contribution in [2.45, 2.75) is 51.7 Å². The Morgan fingerprint density at radius 3 is 2.57 bits per heavy atom.